The van der Waals surface area contributed by atoms with Crippen LogP contribution in [0.5, 0.6) is 5.75 Å². The van der Waals surface area contributed by atoms with Crippen LogP contribution in [0.3, 0.4) is 0 Å². The smallest absolute Gasteiger partial charge is 0.120 e. The van der Waals surface area contributed by atoms with Gasteiger partial charge in [-0.2, -0.15) is 0 Å². The van der Waals surface area contributed by atoms with Crippen LogP contribution in [-0.2, 0) is 6.54 Å². The largest absolute Gasteiger partial charge is 0.497 e. The first-order chi connectivity index (χ1) is 7.79. The monoisotopic (exact) mass is 220 g/mol. The summed E-state index contributed by atoms with van der Waals surface area (Å²) in [6.45, 7) is 3.37. The summed E-state index contributed by atoms with van der Waals surface area (Å²) in [5.74, 6) is 0.833. The zero-order chi connectivity index (χ0) is 11.4. The van der Waals surface area contributed by atoms with Crippen molar-refractivity contribution >= 4 is 5.69 Å². The fraction of sp³-hybridized carbons (Fsp3) is 0.538. The van der Waals surface area contributed by atoms with Crippen molar-refractivity contribution in [2.24, 2.45) is 0 Å². The number of nitrogens with zero attached hydrogens (tertiary/aromatic N) is 1. The van der Waals surface area contributed by atoms with Crippen LogP contribution in [0.25, 0.3) is 0 Å². The molecule has 1 aromatic carbocycles. The van der Waals surface area contributed by atoms with Crippen molar-refractivity contribution in [3.8, 4) is 5.75 Å². The number of nitrogens with two attached hydrogens (primary N) is 1. The maximum atomic E-state index is 6.01. The van der Waals surface area contributed by atoms with Crippen LogP contribution in [0, 0.1) is 0 Å². The first-order valence-corrected chi connectivity index (χ1v) is 5.94. The van der Waals surface area contributed by atoms with E-state index >= 15 is 0 Å². The highest BCUT2D eigenvalue weighted by molar-refractivity contribution is 5.51. The SMILES string of the molecule is COc1ccc(CN2CCCCC2)c(N)c1. The van der Waals surface area contributed by atoms with Gasteiger partial charge in [-0.05, 0) is 37.6 Å². The molecule has 0 unspecified atom stereocenters. The number of rotatable bonds is 3. The van der Waals surface area contributed by atoms with Crippen LogP contribution < -0.4 is 10.5 Å². The second-order valence-corrected chi connectivity index (χ2v) is 4.40. The molecule has 2 N–H and O–H groups in total. The molecule has 88 valence electrons. The maximum absolute atomic E-state index is 6.01. The van der Waals surface area contributed by atoms with Gasteiger partial charge in [0.05, 0.1) is 7.11 Å². The van der Waals surface area contributed by atoms with E-state index in [1.807, 2.05) is 12.1 Å². The third-order valence-electron chi connectivity index (χ3n) is 3.20. The van der Waals surface area contributed by atoms with Gasteiger partial charge in [0.15, 0.2) is 0 Å². The minimum Gasteiger partial charge on any atom is -0.497 e. The molecule has 3 nitrogen and oxygen atoms in total. The molecule has 0 aliphatic carbocycles. The van der Waals surface area contributed by atoms with E-state index in [2.05, 4.69) is 11.0 Å². The summed E-state index contributed by atoms with van der Waals surface area (Å²) in [7, 11) is 1.67. The predicted octanol–water partition coefficient (Wildman–Crippen LogP) is 2.26. The molecule has 1 heterocycles. The summed E-state index contributed by atoms with van der Waals surface area (Å²) in [5, 5.41) is 0. The molecule has 2 rings (SSSR count). The summed E-state index contributed by atoms with van der Waals surface area (Å²) in [6.07, 6.45) is 4.00. The average Bonchev–Trinajstić information content (AvgIpc) is 2.33. The lowest BCUT2D eigenvalue weighted by Gasteiger charge is -2.26. The van der Waals surface area contributed by atoms with Crippen molar-refractivity contribution in [2.75, 3.05) is 25.9 Å². The molecule has 0 spiro atoms. The zero-order valence-electron chi connectivity index (χ0n) is 9.91. The van der Waals surface area contributed by atoms with Crippen molar-refractivity contribution < 1.29 is 4.74 Å². The van der Waals surface area contributed by atoms with E-state index in [1.54, 1.807) is 7.11 Å². The maximum Gasteiger partial charge on any atom is 0.120 e. The number of ether oxygens (including phenoxy) is 1. The second kappa shape index (κ2) is 5.21. The molecule has 16 heavy (non-hydrogen) atoms. The molecule has 1 aromatic rings. The molecule has 0 amide bonds. The van der Waals surface area contributed by atoms with Crippen LogP contribution in [-0.4, -0.2) is 25.1 Å². The molecular weight excluding hydrogens is 200 g/mol. The standard InChI is InChI=1S/C13H20N2O/c1-16-12-6-5-11(13(14)9-12)10-15-7-3-2-4-8-15/h5-6,9H,2-4,7-8,10,14H2,1H3. The molecule has 1 fully saturated rings. The van der Waals surface area contributed by atoms with Gasteiger partial charge in [-0.25, -0.2) is 0 Å². The van der Waals surface area contributed by atoms with E-state index in [0.29, 0.717) is 0 Å². The quantitative estimate of drug-likeness (QED) is 0.794. The Kier molecular flexibility index (Phi) is 3.67. The molecular formula is C13H20N2O. The Morgan fingerprint density at radius 3 is 2.62 bits per heavy atom. The first-order valence-electron chi connectivity index (χ1n) is 5.94. The molecule has 3 heteroatoms. The average molecular weight is 220 g/mol. The Balaban J connectivity index is 2.03. The molecule has 0 radical (unpaired) electrons. The molecule has 0 aromatic heterocycles. The summed E-state index contributed by atoms with van der Waals surface area (Å²) in [4.78, 5) is 2.47. The highest BCUT2D eigenvalue weighted by Gasteiger charge is 2.11. The van der Waals surface area contributed by atoms with E-state index in [4.69, 9.17) is 10.5 Å². The Morgan fingerprint density at radius 2 is 2.00 bits per heavy atom. The fourth-order valence-corrected chi connectivity index (χ4v) is 2.20. The van der Waals surface area contributed by atoms with Crippen molar-refractivity contribution in [1.29, 1.82) is 0 Å². The van der Waals surface area contributed by atoms with Crippen LogP contribution >= 0.6 is 0 Å². The van der Waals surface area contributed by atoms with Gasteiger partial charge in [-0.3, -0.25) is 4.90 Å². The van der Waals surface area contributed by atoms with Crippen LogP contribution in [0.2, 0.25) is 0 Å². The summed E-state index contributed by atoms with van der Waals surface area (Å²) in [5.41, 5.74) is 8.06. The van der Waals surface area contributed by atoms with Gasteiger partial charge in [0.1, 0.15) is 5.75 Å². The Hall–Kier alpha value is -1.22. The van der Waals surface area contributed by atoms with Gasteiger partial charge >= 0.3 is 0 Å². The zero-order valence-corrected chi connectivity index (χ0v) is 9.91. The van der Waals surface area contributed by atoms with E-state index < -0.39 is 0 Å². The lowest BCUT2D eigenvalue weighted by molar-refractivity contribution is 0.221. The number of hydrogen-bond acceptors (Lipinski definition) is 3. The number of nitrogen functional groups attached to an aromatic ring is 1. The van der Waals surface area contributed by atoms with Crippen molar-refractivity contribution in [2.45, 2.75) is 25.8 Å². The number of benzene rings is 1. The minimum absolute atomic E-state index is 0.833. The summed E-state index contributed by atoms with van der Waals surface area (Å²) >= 11 is 0. The van der Waals surface area contributed by atoms with Gasteiger partial charge in [0.2, 0.25) is 0 Å². The van der Waals surface area contributed by atoms with Crippen LogP contribution in [0.15, 0.2) is 18.2 Å². The predicted molar refractivity (Wildman–Crippen MR) is 66.5 cm³/mol. The topological polar surface area (TPSA) is 38.5 Å². The second-order valence-electron chi connectivity index (χ2n) is 4.40. The highest BCUT2D eigenvalue weighted by Crippen LogP contribution is 2.22. The minimum atomic E-state index is 0.833. The number of anilines is 1. The van der Waals surface area contributed by atoms with Gasteiger partial charge in [-0.15, -0.1) is 0 Å². The third-order valence-corrected chi connectivity index (χ3v) is 3.20. The molecule has 1 aliphatic rings. The summed E-state index contributed by atoms with van der Waals surface area (Å²) < 4.78 is 5.15. The number of hydrogen-bond donors (Lipinski definition) is 1. The van der Waals surface area contributed by atoms with Crippen LogP contribution in [0.1, 0.15) is 24.8 Å². The fourth-order valence-electron chi connectivity index (χ4n) is 2.20. The molecule has 0 bridgehead atoms. The normalized spacial score (nSPS) is 17.3. The number of methoxy groups -OCH3 is 1. The lowest BCUT2D eigenvalue weighted by Crippen LogP contribution is -2.29. The molecule has 0 atom stereocenters. The van der Waals surface area contributed by atoms with Gasteiger partial charge < -0.3 is 10.5 Å². The van der Waals surface area contributed by atoms with Crippen molar-refractivity contribution in [3.05, 3.63) is 23.8 Å². The highest BCUT2D eigenvalue weighted by atomic mass is 16.5. The van der Waals surface area contributed by atoms with Crippen LogP contribution in [0.4, 0.5) is 5.69 Å². The van der Waals surface area contributed by atoms with Crippen molar-refractivity contribution in [3.63, 3.8) is 0 Å². The number of piperidine rings is 1. The van der Waals surface area contributed by atoms with Gasteiger partial charge in [-0.1, -0.05) is 12.5 Å². The Morgan fingerprint density at radius 1 is 1.25 bits per heavy atom. The summed E-state index contributed by atoms with van der Waals surface area (Å²) in [6, 6.07) is 5.96. The van der Waals surface area contributed by atoms with Crippen molar-refractivity contribution in [1.82, 2.24) is 4.90 Å². The Bertz CT molecular complexity index is 346. The molecule has 0 saturated carbocycles. The number of likely N-dealkylation sites (tertiary alicyclic amines) is 1. The van der Waals surface area contributed by atoms with E-state index in [1.165, 1.54) is 37.9 Å². The first kappa shape index (κ1) is 11.3. The van der Waals surface area contributed by atoms with Gasteiger partial charge in [0, 0.05) is 18.3 Å². The van der Waals surface area contributed by atoms with E-state index in [0.717, 1.165) is 18.0 Å². The molecule has 1 aliphatic heterocycles. The molecule has 1 saturated heterocycles. The lowest BCUT2D eigenvalue weighted by atomic mass is 10.1. The van der Waals surface area contributed by atoms with E-state index in [-0.39, 0.29) is 0 Å². The van der Waals surface area contributed by atoms with Gasteiger partial charge in [0.25, 0.3) is 0 Å². The Labute approximate surface area is 97.2 Å². The third kappa shape index (κ3) is 2.67. The van der Waals surface area contributed by atoms with E-state index in [9.17, 15) is 0 Å².